The molecule has 1 heterocycles. The van der Waals surface area contributed by atoms with Gasteiger partial charge in [0.1, 0.15) is 11.3 Å². The highest BCUT2D eigenvalue weighted by Crippen LogP contribution is 2.27. The Hall–Kier alpha value is -2.89. The number of para-hydroxylation sites is 1. The summed E-state index contributed by atoms with van der Waals surface area (Å²) in [5.41, 5.74) is 0.521. The van der Waals surface area contributed by atoms with Crippen LogP contribution in [-0.2, 0) is 0 Å². The molecular formula is C18H16F2N2O2. The van der Waals surface area contributed by atoms with Crippen molar-refractivity contribution in [2.75, 3.05) is 12.4 Å². The van der Waals surface area contributed by atoms with E-state index in [0.29, 0.717) is 5.76 Å². The minimum absolute atomic E-state index is 0.205. The Morgan fingerprint density at radius 3 is 2.67 bits per heavy atom. The van der Waals surface area contributed by atoms with Crippen LogP contribution < -0.4 is 5.32 Å². The number of anilines is 1. The molecule has 1 aromatic heterocycles. The van der Waals surface area contributed by atoms with Gasteiger partial charge in [0, 0.05) is 12.4 Å². The predicted octanol–water partition coefficient (Wildman–Crippen LogP) is 4.94. The second kappa shape index (κ2) is 6.31. The van der Waals surface area contributed by atoms with Gasteiger partial charge in [-0.1, -0.05) is 24.3 Å². The molecule has 0 saturated heterocycles. The number of hydrogen-bond acceptors (Lipinski definition) is 2. The van der Waals surface area contributed by atoms with Crippen molar-refractivity contribution in [2.24, 2.45) is 0 Å². The Bertz CT molecular complexity index is 859. The van der Waals surface area contributed by atoms with Crippen molar-refractivity contribution in [1.82, 2.24) is 4.90 Å². The molecule has 0 aliphatic rings. The third-order valence-corrected chi connectivity index (χ3v) is 3.95. The van der Waals surface area contributed by atoms with Crippen LogP contribution in [0.4, 0.5) is 19.3 Å². The van der Waals surface area contributed by atoms with E-state index in [1.807, 2.05) is 30.3 Å². The van der Waals surface area contributed by atoms with Gasteiger partial charge in [-0.25, -0.2) is 13.6 Å². The van der Waals surface area contributed by atoms with Gasteiger partial charge in [-0.15, -0.1) is 0 Å². The van der Waals surface area contributed by atoms with Crippen LogP contribution in [0.2, 0.25) is 0 Å². The third-order valence-electron chi connectivity index (χ3n) is 3.95. The summed E-state index contributed by atoms with van der Waals surface area (Å²) in [7, 11) is 1.56. The predicted molar refractivity (Wildman–Crippen MR) is 87.8 cm³/mol. The van der Waals surface area contributed by atoms with E-state index in [0.717, 1.165) is 17.0 Å². The topological polar surface area (TPSA) is 45.5 Å². The van der Waals surface area contributed by atoms with Crippen LogP contribution in [-0.4, -0.2) is 18.0 Å². The molecule has 0 saturated carbocycles. The lowest BCUT2D eigenvalue weighted by atomic mass is 10.2. The fraction of sp³-hybridized carbons (Fsp3) is 0.167. The number of urea groups is 1. The summed E-state index contributed by atoms with van der Waals surface area (Å²) in [5.74, 6) is -1.50. The van der Waals surface area contributed by atoms with Crippen LogP contribution in [0.5, 0.6) is 0 Å². The number of nitrogens with zero attached hydrogens (tertiary/aromatic N) is 1. The zero-order chi connectivity index (χ0) is 17.3. The Kier molecular flexibility index (Phi) is 4.20. The Morgan fingerprint density at radius 1 is 1.17 bits per heavy atom. The van der Waals surface area contributed by atoms with Gasteiger partial charge in [-0.3, -0.25) is 0 Å². The van der Waals surface area contributed by atoms with Gasteiger partial charge in [0.05, 0.1) is 11.7 Å². The molecule has 0 bridgehead atoms. The molecule has 6 heteroatoms. The highest BCUT2D eigenvalue weighted by Gasteiger charge is 2.22. The summed E-state index contributed by atoms with van der Waals surface area (Å²) in [6.07, 6.45) is 0. The lowest BCUT2D eigenvalue weighted by molar-refractivity contribution is 0.201. The maximum absolute atomic E-state index is 13.7. The SMILES string of the molecule is CC(c1cc2ccccc2o1)N(C)C(=O)Nc1cccc(F)c1F. The molecule has 3 rings (SSSR count). The van der Waals surface area contributed by atoms with E-state index < -0.39 is 17.7 Å². The number of nitrogens with one attached hydrogen (secondary N) is 1. The van der Waals surface area contributed by atoms with Gasteiger partial charge >= 0.3 is 6.03 Å². The van der Waals surface area contributed by atoms with Crippen molar-refractivity contribution >= 4 is 22.7 Å². The second-order valence-electron chi connectivity index (χ2n) is 5.51. The molecule has 3 aromatic rings. The molecule has 2 amide bonds. The summed E-state index contributed by atoms with van der Waals surface area (Å²) >= 11 is 0. The first-order valence-electron chi connectivity index (χ1n) is 7.43. The average molecular weight is 330 g/mol. The summed E-state index contributed by atoms with van der Waals surface area (Å²) in [5, 5.41) is 3.30. The maximum Gasteiger partial charge on any atom is 0.322 e. The molecule has 24 heavy (non-hydrogen) atoms. The van der Waals surface area contributed by atoms with Crippen LogP contribution in [0, 0.1) is 11.6 Å². The molecule has 0 aliphatic heterocycles. The molecule has 2 aromatic carbocycles. The molecule has 0 radical (unpaired) electrons. The fourth-order valence-corrected chi connectivity index (χ4v) is 2.38. The summed E-state index contributed by atoms with van der Waals surface area (Å²) in [4.78, 5) is 13.7. The Balaban J connectivity index is 1.78. The summed E-state index contributed by atoms with van der Waals surface area (Å²) in [6, 6.07) is 12.1. The number of benzene rings is 2. The average Bonchev–Trinajstić information content (AvgIpc) is 3.01. The van der Waals surface area contributed by atoms with Crippen molar-refractivity contribution in [1.29, 1.82) is 0 Å². The van der Waals surface area contributed by atoms with E-state index in [-0.39, 0.29) is 11.7 Å². The van der Waals surface area contributed by atoms with E-state index in [2.05, 4.69) is 5.32 Å². The van der Waals surface area contributed by atoms with Crippen molar-refractivity contribution in [3.05, 3.63) is 65.9 Å². The largest absolute Gasteiger partial charge is 0.459 e. The van der Waals surface area contributed by atoms with Gasteiger partial charge in [-0.05, 0) is 31.2 Å². The third kappa shape index (κ3) is 2.95. The van der Waals surface area contributed by atoms with Crippen LogP contribution in [0.15, 0.2) is 52.9 Å². The van der Waals surface area contributed by atoms with E-state index in [1.165, 1.54) is 17.0 Å². The molecule has 124 valence electrons. The zero-order valence-corrected chi connectivity index (χ0v) is 13.2. The standard InChI is InChI=1S/C18H16F2N2O2/c1-11(16-10-12-6-3-4-9-15(12)24-16)22(2)18(23)21-14-8-5-7-13(19)17(14)20/h3-11H,1-2H3,(H,21,23). The van der Waals surface area contributed by atoms with Crippen LogP contribution in [0.3, 0.4) is 0 Å². The summed E-state index contributed by atoms with van der Waals surface area (Å²) < 4.78 is 32.6. The lowest BCUT2D eigenvalue weighted by Gasteiger charge is -2.23. The molecule has 1 unspecified atom stereocenters. The van der Waals surface area contributed by atoms with E-state index >= 15 is 0 Å². The minimum atomic E-state index is -1.09. The number of carbonyl (C=O) groups excluding carboxylic acids is 1. The smallest absolute Gasteiger partial charge is 0.322 e. The van der Waals surface area contributed by atoms with Crippen LogP contribution >= 0.6 is 0 Å². The molecule has 0 aliphatic carbocycles. The van der Waals surface area contributed by atoms with Gasteiger partial charge in [-0.2, -0.15) is 0 Å². The highest BCUT2D eigenvalue weighted by atomic mass is 19.2. The Morgan fingerprint density at radius 2 is 1.92 bits per heavy atom. The van der Waals surface area contributed by atoms with Gasteiger partial charge < -0.3 is 14.6 Å². The first-order chi connectivity index (χ1) is 11.5. The zero-order valence-electron chi connectivity index (χ0n) is 13.2. The van der Waals surface area contributed by atoms with Gasteiger partial charge in [0.2, 0.25) is 0 Å². The summed E-state index contributed by atoms with van der Waals surface area (Å²) in [6.45, 7) is 1.79. The van der Waals surface area contributed by atoms with Crippen LogP contribution in [0.25, 0.3) is 11.0 Å². The molecule has 0 spiro atoms. The van der Waals surface area contributed by atoms with Crippen molar-refractivity contribution in [2.45, 2.75) is 13.0 Å². The number of amides is 2. The molecule has 0 fully saturated rings. The molecule has 1 atom stereocenters. The Labute approximate surface area is 137 Å². The molecule has 4 nitrogen and oxygen atoms in total. The van der Waals surface area contributed by atoms with Gasteiger partial charge in [0.15, 0.2) is 11.6 Å². The number of carbonyl (C=O) groups is 1. The fourth-order valence-electron chi connectivity index (χ4n) is 2.38. The maximum atomic E-state index is 13.7. The van der Waals surface area contributed by atoms with E-state index in [9.17, 15) is 13.6 Å². The number of halogens is 2. The normalized spacial score (nSPS) is 12.2. The van der Waals surface area contributed by atoms with Gasteiger partial charge in [0.25, 0.3) is 0 Å². The van der Waals surface area contributed by atoms with E-state index in [1.54, 1.807) is 14.0 Å². The first kappa shape index (κ1) is 16.0. The monoisotopic (exact) mass is 330 g/mol. The number of hydrogen-bond donors (Lipinski definition) is 1. The quantitative estimate of drug-likeness (QED) is 0.739. The first-order valence-corrected chi connectivity index (χ1v) is 7.43. The second-order valence-corrected chi connectivity index (χ2v) is 5.51. The molecular weight excluding hydrogens is 314 g/mol. The minimum Gasteiger partial charge on any atom is -0.459 e. The number of fused-ring (bicyclic) bond motifs is 1. The lowest BCUT2D eigenvalue weighted by Crippen LogP contribution is -2.33. The van der Waals surface area contributed by atoms with Crippen molar-refractivity contribution < 1.29 is 18.0 Å². The number of furan rings is 1. The van der Waals surface area contributed by atoms with E-state index in [4.69, 9.17) is 4.42 Å². The highest BCUT2D eigenvalue weighted by molar-refractivity contribution is 5.89. The van der Waals surface area contributed by atoms with Crippen LogP contribution in [0.1, 0.15) is 18.7 Å². The van der Waals surface area contributed by atoms with Crippen molar-refractivity contribution in [3.8, 4) is 0 Å². The number of rotatable bonds is 3. The molecule has 1 N–H and O–H groups in total. The van der Waals surface area contributed by atoms with Crippen molar-refractivity contribution in [3.63, 3.8) is 0 Å².